The lowest BCUT2D eigenvalue weighted by atomic mass is 9.87. The number of carbonyl (C=O) groups is 2. The molecule has 0 aromatic rings. The molecule has 0 aromatic carbocycles. The minimum absolute atomic E-state index is 0.0972. The highest BCUT2D eigenvalue weighted by Crippen LogP contribution is 2.20. The summed E-state index contributed by atoms with van der Waals surface area (Å²) in [5.41, 5.74) is -1.08. The Balaban J connectivity index is 2.59. The van der Waals surface area contributed by atoms with Crippen LogP contribution in [-0.2, 0) is 19.1 Å². The minimum Gasteiger partial charge on any atom is -0.465 e. The zero-order valence-corrected chi connectivity index (χ0v) is 12.4. The summed E-state index contributed by atoms with van der Waals surface area (Å²) in [6.07, 6.45) is 1.04. The van der Waals surface area contributed by atoms with Crippen LogP contribution >= 0.6 is 0 Å². The normalized spacial score (nSPS) is 21.8. The molecule has 1 unspecified atom stereocenters. The predicted octanol–water partition coefficient (Wildman–Crippen LogP) is 1.26. The van der Waals surface area contributed by atoms with Crippen molar-refractivity contribution in [2.75, 3.05) is 32.8 Å². The second-order valence-corrected chi connectivity index (χ2v) is 5.54. The van der Waals surface area contributed by atoms with Crippen LogP contribution in [0.15, 0.2) is 0 Å². The average molecular weight is 271 g/mol. The molecule has 1 aliphatic rings. The molecule has 110 valence electrons. The molecule has 0 amide bonds. The number of esters is 1. The summed E-state index contributed by atoms with van der Waals surface area (Å²) in [4.78, 5) is 26.1. The van der Waals surface area contributed by atoms with Gasteiger partial charge in [-0.2, -0.15) is 0 Å². The Morgan fingerprint density at radius 1 is 1.42 bits per heavy atom. The third-order valence-electron chi connectivity index (χ3n) is 3.39. The summed E-state index contributed by atoms with van der Waals surface area (Å²) in [6, 6.07) is 0. The zero-order valence-electron chi connectivity index (χ0n) is 12.4. The molecule has 0 N–H and O–H groups in total. The van der Waals surface area contributed by atoms with Gasteiger partial charge < -0.3 is 9.47 Å². The monoisotopic (exact) mass is 271 g/mol. The van der Waals surface area contributed by atoms with Crippen molar-refractivity contribution in [3.63, 3.8) is 0 Å². The summed E-state index contributed by atoms with van der Waals surface area (Å²) in [7, 11) is 0. The first-order valence-electron chi connectivity index (χ1n) is 6.92. The maximum atomic E-state index is 12.3. The summed E-state index contributed by atoms with van der Waals surface area (Å²) < 4.78 is 10.5. The summed E-state index contributed by atoms with van der Waals surface area (Å²) in [5.74, 6) is -0.542. The largest absolute Gasteiger partial charge is 0.465 e. The molecular formula is C14H25NO4. The highest BCUT2D eigenvalue weighted by molar-refractivity contribution is 6.03. The Morgan fingerprint density at radius 2 is 2.11 bits per heavy atom. The van der Waals surface area contributed by atoms with Crippen molar-refractivity contribution in [2.45, 2.75) is 40.2 Å². The Bertz CT molecular complexity index is 327. The highest BCUT2D eigenvalue weighted by Gasteiger charge is 2.38. The summed E-state index contributed by atoms with van der Waals surface area (Å²) in [6.45, 7) is 9.86. The van der Waals surface area contributed by atoms with Crippen LogP contribution < -0.4 is 0 Å². The fourth-order valence-electron chi connectivity index (χ4n) is 2.05. The van der Waals surface area contributed by atoms with Gasteiger partial charge in [0.15, 0.2) is 5.78 Å². The van der Waals surface area contributed by atoms with E-state index >= 15 is 0 Å². The quantitative estimate of drug-likeness (QED) is 0.556. The van der Waals surface area contributed by atoms with Crippen LogP contribution in [0, 0.1) is 5.41 Å². The van der Waals surface area contributed by atoms with E-state index in [1.165, 1.54) is 0 Å². The molecule has 5 nitrogen and oxygen atoms in total. The highest BCUT2D eigenvalue weighted by atomic mass is 16.5. The first-order valence-corrected chi connectivity index (χ1v) is 6.92. The molecule has 0 bridgehead atoms. The molecule has 1 atom stereocenters. The van der Waals surface area contributed by atoms with E-state index in [2.05, 4.69) is 4.90 Å². The lowest BCUT2D eigenvalue weighted by molar-refractivity contribution is -0.158. The molecule has 1 rings (SSSR count). The summed E-state index contributed by atoms with van der Waals surface area (Å²) >= 11 is 0. The van der Waals surface area contributed by atoms with E-state index in [-0.39, 0.29) is 18.4 Å². The Morgan fingerprint density at radius 3 is 2.74 bits per heavy atom. The van der Waals surface area contributed by atoms with E-state index < -0.39 is 11.4 Å². The van der Waals surface area contributed by atoms with Crippen molar-refractivity contribution < 1.29 is 19.1 Å². The van der Waals surface area contributed by atoms with Crippen LogP contribution in [0.4, 0.5) is 0 Å². The van der Waals surface area contributed by atoms with Crippen LogP contribution in [0.25, 0.3) is 0 Å². The molecule has 1 aliphatic heterocycles. The van der Waals surface area contributed by atoms with E-state index in [0.717, 1.165) is 26.1 Å². The van der Waals surface area contributed by atoms with Gasteiger partial charge in [-0.1, -0.05) is 0 Å². The van der Waals surface area contributed by atoms with E-state index in [1.54, 1.807) is 20.8 Å². The van der Waals surface area contributed by atoms with Gasteiger partial charge in [-0.05, 0) is 34.1 Å². The Hall–Kier alpha value is -0.940. The predicted molar refractivity (Wildman–Crippen MR) is 71.9 cm³/mol. The van der Waals surface area contributed by atoms with E-state index in [1.807, 2.05) is 6.92 Å². The van der Waals surface area contributed by atoms with Crippen LogP contribution in [0.1, 0.15) is 34.1 Å². The average Bonchev–Trinajstić information content (AvgIpc) is 2.53. The Kier molecular flexibility index (Phi) is 5.94. The van der Waals surface area contributed by atoms with Gasteiger partial charge in [0, 0.05) is 19.7 Å². The number of Topliss-reactive ketones (excluding diaryl/α,β-unsaturated/α-hetero) is 1. The second-order valence-electron chi connectivity index (χ2n) is 5.54. The van der Waals surface area contributed by atoms with Crippen LogP contribution in [-0.4, -0.2) is 55.6 Å². The number of carbonyl (C=O) groups excluding carboxylic acids is 2. The topological polar surface area (TPSA) is 55.8 Å². The van der Waals surface area contributed by atoms with Gasteiger partial charge in [-0.15, -0.1) is 0 Å². The van der Waals surface area contributed by atoms with Crippen molar-refractivity contribution in [2.24, 2.45) is 5.41 Å². The molecule has 0 radical (unpaired) electrons. The number of rotatable bonds is 5. The van der Waals surface area contributed by atoms with Gasteiger partial charge in [0.05, 0.1) is 19.3 Å². The van der Waals surface area contributed by atoms with Gasteiger partial charge in [0.2, 0.25) is 0 Å². The fourth-order valence-corrected chi connectivity index (χ4v) is 2.05. The third kappa shape index (κ3) is 4.58. The number of nitrogens with zero attached hydrogens (tertiary/aromatic N) is 1. The first-order chi connectivity index (χ1) is 8.87. The molecule has 0 aliphatic carbocycles. The van der Waals surface area contributed by atoms with Crippen molar-refractivity contribution in [3.05, 3.63) is 0 Å². The summed E-state index contributed by atoms with van der Waals surface area (Å²) in [5, 5.41) is 0. The lowest BCUT2D eigenvalue weighted by Gasteiger charge is -2.26. The van der Waals surface area contributed by atoms with Gasteiger partial charge in [-0.25, -0.2) is 0 Å². The van der Waals surface area contributed by atoms with Crippen molar-refractivity contribution >= 4 is 11.8 Å². The minimum atomic E-state index is -1.08. The molecule has 1 fully saturated rings. The SMILES string of the molecule is CCOC(=O)C(C)(C)C(=O)CN1CCCOC(C)C1. The zero-order chi connectivity index (χ0) is 14.5. The van der Waals surface area contributed by atoms with Gasteiger partial charge in [0.1, 0.15) is 5.41 Å². The second kappa shape index (κ2) is 7.01. The molecule has 0 aromatic heterocycles. The lowest BCUT2D eigenvalue weighted by Crippen LogP contribution is -2.43. The van der Waals surface area contributed by atoms with Gasteiger partial charge in [0.25, 0.3) is 0 Å². The van der Waals surface area contributed by atoms with Crippen LogP contribution in [0.3, 0.4) is 0 Å². The number of hydrogen-bond acceptors (Lipinski definition) is 5. The fraction of sp³-hybridized carbons (Fsp3) is 0.857. The molecule has 1 saturated heterocycles. The molecular weight excluding hydrogens is 246 g/mol. The maximum absolute atomic E-state index is 12.3. The van der Waals surface area contributed by atoms with Gasteiger partial charge in [-0.3, -0.25) is 14.5 Å². The molecule has 1 heterocycles. The molecule has 0 spiro atoms. The standard InChI is InChI=1S/C14H25NO4/c1-5-18-13(17)14(3,4)12(16)10-15-7-6-8-19-11(2)9-15/h11H,5-10H2,1-4H3. The Labute approximate surface area is 115 Å². The number of ketones is 1. The third-order valence-corrected chi connectivity index (χ3v) is 3.39. The maximum Gasteiger partial charge on any atom is 0.319 e. The van der Waals surface area contributed by atoms with E-state index in [4.69, 9.17) is 9.47 Å². The smallest absolute Gasteiger partial charge is 0.319 e. The van der Waals surface area contributed by atoms with Crippen LogP contribution in [0.2, 0.25) is 0 Å². The van der Waals surface area contributed by atoms with Gasteiger partial charge >= 0.3 is 5.97 Å². The molecule has 5 heteroatoms. The van der Waals surface area contributed by atoms with Crippen molar-refractivity contribution in [1.29, 1.82) is 0 Å². The number of ether oxygens (including phenoxy) is 2. The molecule has 19 heavy (non-hydrogen) atoms. The van der Waals surface area contributed by atoms with Crippen molar-refractivity contribution in [1.82, 2.24) is 4.90 Å². The van der Waals surface area contributed by atoms with Crippen molar-refractivity contribution in [3.8, 4) is 0 Å². The van der Waals surface area contributed by atoms with E-state index in [9.17, 15) is 9.59 Å². The molecule has 0 saturated carbocycles. The van der Waals surface area contributed by atoms with E-state index in [0.29, 0.717) is 6.61 Å². The first kappa shape index (κ1) is 16.1. The van der Waals surface area contributed by atoms with Crippen LogP contribution in [0.5, 0.6) is 0 Å². The number of hydrogen-bond donors (Lipinski definition) is 0.